The van der Waals surface area contributed by atoms with Crippen molar-refractivity contribution in [3.63, 3.8) is 0 Å². The summed E-state index contributed by atoms with van der Waals surface area (Å²) in [5.41, 5.74) is 22.9. The highest BCUT2D eigenvalue weighted by Crippen LogP contribution is 2.20. The van der Waals surface area contributed by atoms with Crippen molar-refractivity contribution < 1.29 is 78.0 Å². The van der Waals surface area contributed by atoms with E-state index in [0.29, 0.717) is 12.0 Å². The molecular formula is C52H84N14O16. The molecule has 0 saturated carbocycles. The number of carboxylic acid groups (broad SMARTS) is 2. The molecule has 0 spiro atoms. The monoisotopic (exact) mass is 1160 g/mol. The highest BCUT2D eigenvalue weighted by atomic mass is 16.4. The molecule has 30 nitrogen and oxygen atoms in total. The summed E-state index contributed by atoms with van der Waals surface area (Å²) in [6.07, 6.45) is -3.47. The van der Waals surface area contributed by atoms with Crippen molar-refractivity contribution in [3.8, 4) is 0 Å². The lowest BCUT2D eigenvalue weighted by Crippen LogP contribution is -2.62. The van der Waals surface area contributed by atoms with Gasteiger partial charge in [-0.1, -0.05) is 71.9 Å². The van der Waals surface area contributed by atoms with E-state index in [1.165, 1.54) is 0 Å². The molecule has 0 radical (unpaired) electrons. The van der Waals surface area contributed by atoms with E-state index in [4.69, 9.17) is 22.9 Å². The number of amides is 10. The first-order valence-electron chi connectivity index (χ1n) is 27.0. The number of nitrogens with one attached hydrogen (secondary N) is 8. The lowest BCUT2D eigenvalue weighted by molar-refractivity contribution is -0.144. The average Bonchev–Trinajstić information content (AvgIpc) is 4.05. The third-order valence-electron chi connectivity index (χ3n) is 12.9. The van der Waals surface area contributed by atoms with E-state index in [1.807, 2.05) is 13.8 Å². The van der Waals surface area contributed by atoms with Crippen LogP contribution in [0.15, 0.2) is 35.3 Å². The second-order valence-corrected chi connectivity index (χ2v) is 21.3. The zero-order valence-electron chi connectivity index (χ0n) is 47.3. The molecule has 1 saturated heterocycles. The van der Waals surface area contributed by atoms with Gasteiger partial charge in [0.05, 0.1) is 31.6 Å². The lowest BCUT2D eigenvalue weighted by Gasteiger charge is -2.30. The largest absolute Gasteiger partial charge is 0.481 e. The summed E-state index contributed by atoms with van der Waals surface area (Å²) in [5, 5.41) is 59.7. The Morgan fingerprint density at radius 3 is 1.66 bits per heavy atom. The molecule has 0 aromatic heterocycles. The van der Waals surface area contributed by atoms with Gasteiger partial charge in [0.15, 0.2) is 5.96 Å². The number of carboxylic acids is 2. The maximum Gasteiger partial charge on any atom is 0.326 e. The van der Waals surface area contributed by atoms with Crippen molar-refractivity contribution in [1.29, 1.82) is 0 Å². The highest BCUT2D eigenvalue weighted by molar-refractivity contribution is 6.00. The lowest BCUT2D eigenvalue weighted by atomic mass is 9.99. The Morgan fingerprint density at radius 2 is 1.13 bits per heavy atom. The number of rotatable bonds is 35. The second kappa shape index (κ2) is 34.3. The van der Waals surface area contributed by atoms with E-state index in [9.17, 15) is 78.0 Å². The van der Waals surface area contributed by atoms with Crippen LogP contribution in [0, 0.1) is 17.8 Å². The maximum atomic E-state index is 14.0. The molecule has 11 atom stereocenters. The van der Waals surface area contributed by atoms with E-state index in [2.05, 4.69) is 47.5 Å². The number of primary amides is 1. The van der Waals surface area contributed by atoms with Gasteiger partial charge in [0, 0.05) is 19.5 Å². The minimum absolute atomic E-state index is 0.0144. The normalized spacial score (nSPS) is 16.7. The molecule has 458 valence electrons. The predicted octanol–water partition coefficient (Wildman–Crippen LogP) is -4.96. The Bertz CT molecular complexity index is 2420. The van der Waals surface area contributed by atoms with Crippen LogP contribution in [-0.4, -0.2) is 189 Å². The Balaban J connectivity index is 2.35. The van der Waals surface area contributed by atoms with Gasteiger partial charge in [-0.05, 0) is 68.8 Å². The standard InChI is InChI=1S/C52H84N14O16/c1-25(2)19-30(53)42(72)64-40(27(5)6)48(78)58-31(15-11-17-57-52(55)56)43(73)65-41(28(7)68)49(79)61-34(23-39(70)71)46(76)63-36(24-67)50(80)66-18-12-16-37(66)47(77)60-33(22-38(54)69)45(75)59-32(21-29-13-9-8-10-14-29)44(74)62-35(51(81)82)20-26(3)4/h8-10,13-14,25-28,30-37,40-41,67-68H,11-12,15-24,53H2,1-7H3,(H2,54,69)(H,58,78)(H,59,75)(H,60,77)(H,61,79)(H,62,74)(H,63,76)(H,64,72)(H,65,73)(H,70,71)(H,81,82)(H4,55,56,57)/t28-,30+,31+,32+,33+,34+,35+,36+,37+,40+,41+/m1/s1. The first-order chi connectivity index (χ1) is 38.4. The van der Waals surface area contributed by atoms with Gasteiger partial charge in [-0.2, -0.15) is 0 Å². The van der Waals surface area contributed by atoms with Crippen molar-refractivity contribution in [3.05, 3.63) is 35.9 Å². The number of nitrogens with two attached hydrogens (primary N) is 4. The maximum absolute atomic E-state index is 14.0. The Labute approximate surface area is 475 Å². The SMILES string of the molecule is CC(C)C[C@H](NC(=O)[C@H](Cc1ccccc1)NC(=O)[C@H](CC(N)=O)NC(=O)[C@@H]1CCCN1C(=O)[C@H](CO)NC(=O)[C@H](CC(=O)O)NC(=O)[C@@H](NC(=O)[C@H](CCCN=C(N)N)NC(=O)[C@@H](NC(=O)[C@@H](N)CC(C)C)C(C)C)[C@@H](C)O)C(=O)O. The third kappa shape index (κ3) is 24.0. The molecule has 0 bridgehead atoms. The number of aliphatic hydroxyl groups excluding tert-OH is 2. The predicted molar refractivity (Wildman–Crippen MR) is 294 cm³/mol. The van der Waals surface area contributed by atoms with Gasteiger partial charge < -0.3 is 90.8 Å². The van der Waals surface area contributed by atoms with Gasteiger partial charge in [0.1, 0.15) is 54.4 Å². The molecule has 1 aliphatic rings. The van der Waals surface area contributed by atoms with Crippen LogP contribution in [0.5, 0.6) is 0 Å². The summed E-state index contributed by atoms with van der Waals surface area (Å²) in [6, 6.07) is -7.12. The Kier molecular flexibility index (Phi) is 29.4. The molecular weight excluding hydrogens is 1080 g/mol. The molecule has 2 rings (SSSR count). The topological polar surface area (TPSA) is 502 Å². The first-order valence-corrected chi connectivity index (χ1v) is 27.0. The number of likely N-dealkylation sites (tertiary alicyclic amines) is 1. The molecule has 1 aliphatic heterocycles. The number of aliphatic imine (C=N–C) groups is 1. The smallest absolute Gasteiger partial charge is 0.326 e. The van der Waals surface area contributed by atoms with Gasteiger partial charge in [0.2, 0.25) is 59.1 Å². The van der Waals surface area contributed by atoms with E-state index < -0.39 is 163 Å². The second-order valence-electron chi connectivity index (χ2n) is 21.3. The molecule has 10 amide bonds. The van der Waals surface area contributed by atoms with Crippen LogP contribution in [-0.2, 0) is 64.0 Å². The van der Waals surface area contributed by atoms with Crippen LogP contribution in [0.4, 0.5) is 0 Å². The van der Waals surface area contributed by atoms with Crippen molar-refractivity contribution in [2.45, 2.75) is 173 Å². The fourth-order valence-electron chi connectivity index (χ4n) is 8.68. The third-order valence-corrected chi connectivity index (χ3v) is 12.9. The van der Waals surface area contributed by atoms with E-state index in [1.54, 1.807) is 58.0 Å². The fourth-order valence-corrected chi connectivity index (χ4v) is 8.68. The van der Waals surface area contributed by atoms with Crippen molar-refractivity contribution in [1.82, 2.24) is 47.4 Å². The highest BCUT2D eigenvalue weighted by Gasteiger charge is 2.41. The zero-order valence-corrected chi connectivity index (χ0v) is 47.3. The molecule has 1 heterocycles. The van der Waals surface area contributed by atoms with Gasteiger partial charge in [-0.15, -0.1) is 0 Å². The molecule has 1 fully saturated rings. The van der Waals surface area contributed by atoms with Crippen LogP contribution in [0.25, 0.3) is 0 Å². The number of nitrogens with zero attached hydrogens (tertiary/aromatic N) is 2. The summed E-state index contributed by atoms with van der Waals surface area (Å²) in [5.74, 6) is -14.2. The number of hydrogen-bond acceptors (Lipinski definition) is 16. The van der Waals surface area contributed by atoms with Crippen LogP contribution >= 0.6 is 0 Å². The van der Waals surface area contributed by atoms with Crippen molar-refractivity contribution in [2.24, 2.45) is 45.7 Å². The van der Waals surface area contributed by atoms with Gasteiger partial charge >= 0.3 is 11.9 Å². The number of carbonyl (C=O) groups is 12. The molecule has 0 unspecified atom stereocenters. The van der Waals surface area contributed by atoms with E-state index in [-0.39, 0.29) is 69.4 Å². The van der Waals surface area contributed by atoms with E-state index >= 15 is 0 Å². The summed E-state index contributed by atoms with van der Waals surface area (Å²) in [7, 11) is 0. The number of carbonyl (C=O) groups excluding carboxylic acids is 10. The number of guanidine groups is 1. The number of hydrogen-bond donors (Lipinski definition) is 16. The molecule has 0 aliphatic carbocycles. The number of aliphatic carboxylic acids is 2. The zero-order chi connectivity index (χ0) is 62.1. The Hall–Kier alpha value is -7.99. The summed E-state index contributed by atoms with van der Waals surface area (Å²) >= 11 is 0. The number of aliphatic hydroxyl groups is 2. The van der Waals surface area contributed by atoms with Gasteiger partial charge in [0.25, 0.3) is 0 Å². The summed E-state index contributed by atoms with van der Waals surface area (Å²) < 4.78 is 0. The average molecular weight is 1160 g/mol. The van der Waals surface area contributed by atoms with Gasteiger partial charge in [-0.3, -0.25) is 57.7 Å². The molecule has 30 heteroatoms. The van der Waals surface area contributed by atoms with E-state index in [0.717, 1.165) is 11.8 Å². The van der Waals surface area contributed by atoms with Crippen LogP contribution in [0.2, 0.25) is 0 Å². The quantitative estimate of drug-likeness (QED) is 0.0172. The molecule has 1 aromatic rings. The van der Waals surface area contributed by atoms with Crippen molar-refractivity contribution in [2.75, 3.05) is 19.7 Å². The Morgan fingerprint density at radius 1 is 0.622 bits per heavy atom. The molecule has 82 heavy (non-hydrogen) atoms. The van der Waals surface area contributed by atoms with Crippen LogP contribution in [0.1, 0.15) is 105 Å². The minimum Gasteiger partial charge on any atom is -0.481 e. The summed E-state index contributed by atoms with van der Waals surface area (Å²) in [6.45, 7) is 10.2. The number of benzene rings is 1. The molecule has 20 N–H and O–H groups in total. The van der Waals surface area contributed by atoms with Crippen molar-refractivity contribution >= 4 is 77.0 Å². The minimum atomic E-state index is -2.05. The van der Waals surface area contributed by atoms with Crippen LogP contribution < -0.4 is 65.5 Å². The summed E-state index contributed by atoms with van der Waals surface area (Å²) in [4.78, 5) is 165. The molecule has 1 aromatic carbocycles. The van der Waals surface area contributed by atoms with Crippen LogP contribution in [0.3, 0.4) is 0 Å². The fraction of sp³-hybridized carbons (Fsp3) is 0.635. The first kappa shape index (κ1) is 70.1. The van der Waals surface area contributed by atoms with Gasteiger partial charge in [-0.25, -0.2) is 4.79 Å².